The highest BCUT2D eigenvalue weighted by molar-refractivity contribution is 6.02. The molecule has 196 valence electrons. The molecule has 0 saturated carbocycles. The molecule has 0 atom stereocenters. The molecule has 10 heteroatoms. The molecule has 1 amide bonds. The molecule has 1 aromatic carbocycles. The number of alkyl halides is 3. The molecule has 0 unspecified atom stereocenters. The zero-order valence-electron chi connectivity index (χ0n) is 21.2. The number of piperidine rings is 2. The number of likely N-dealkylation sites (tertiary alicyclic amines) is 2. The number of nitrogens with zero attached hydrogens (tertiary/aromatic N) is 3. The van der Waals surface area contributed by atoms with Gasteiger partial charge in [0.25, 0.3) is 0 Å². The predicted octanol–water partition coefficient (Wildman–Crippen LogP) is 5.44. The van der Waals surface area contributed by atoms with Crippen LogP contribution in [0.1, 0.15) is 58.9 Å². The summed E-state index contributed by atoms with van der Waals surface area (Å²) in [5, 5.41) is 4.21. The molecule has 35 heavy (non-hydrogen) atoms. The molecule has 1 aromatic rings. The second-order valence-corrected chi connectivity index (χ2v) is 10.5. The van der Waals surface area contributed by atoms with Crippen molar-refractivity contribution in [1.29, 1.82) is 0 Å². The van der Waals surface area contributed by atoms with Crippen molar-refractivity contribution in [2.75, 3.05) is 33.3 Å². The number of benzene rings is 1. The summed E-state index contributed by atoms with van der Waals surface area (Å²) in [6.45, 7) is 10.9. The maximum absolute atomic E-state index is 12.5. The van der Waals surface area contributed by atoms with Crippen molar-refractivity contribution in [2.24, 2.45) is 11.1 Å². The Balaban J connectivity index is 1.58. The summed E-state index contributed by atoms with van der Waals surface area (Å²) in [5.41, 5.74) is 0.943. The lowest BCUT2D eigenvalue weighted by molar-refractivity contribution is -0.274. The summed E-state index contributed by atoms with van der Waals surface area (Å²) in [5.74, 6) is -0.135. The molecular formula is C25H36F3N3O4. The van der Waals surface area contributed by atoms with Crippen LogP contribution in [0, 0.1) is 5.92 Å². The molecule has 2 saturated heterocycles. The van der Waals surface area contributed by atoms with E-state index in [0.717, 1.165) is 50.0 Å². The van der Waals surface area contributed by atoms with E-state index in [1.807, 2.05) is 20.8 Å². The summed E-state index contributed by atoms with van der Waals surface area (Å²) in [6, 6.07) is 5.75. The highest BCUT2D eigenvalue weighted by atomic mass is 19.4. The molecule has 2 fully saturated rings. The molecule has 0 aliphatic carbocycles. The smallest absolute Gasteiger partial charge is 0.444 e. The minimum absolute atomic E-state index is 0.00136. The van der Waals surface area contributed by atoms with Crippen molar-refractivity contribution >= 4 is 11.8 Å². The van der Waals surface area contributed by atoms with Gasteiger partial charge in [0.2, 0.25) is 0 Å². The molecule has 2 aliphatic heterocycles. The number of ether oxygens (including phenoxy) is 2. The van der Waals surface area contributed by atoms with Crippen molar-refractivity contribution < 1.29 is 32.3 Å². The van der Waals surface area contributed by atoms with Crippen molar-refractivity contribution in [3.05, 3.63) is 29.8 Å². The fraction of sp³-hybridized carbons (Fsp3) is 0.680. The Bertz CT molecular complexity index is 881. The van der Waals surface area contributed by atoms with E-state index in [2.05, 4.69) is 21.7 Å². The highest BCUT2D eigenvalue weighted by Crippen LogP contribution is 2.34. The molecule has 2 heterocycles. The Labute approximate surface area is 205 Å². The van der Waals surface area contributed by atoms with Gasteiger partial charge in [0.05, 0.1) is 5.71 Å². The first-order valence-electron chi connectivity index (χ1n) is 12.0. The van der Waals surface area contributed by atoms with Gasteiger partial charge in [0, 0.05) is 24.5 Å². The number of oxime groups is 1. The zero-order chi connectivity index (χ0) is 25.9. The minimum Gasteiger partial charge on any atom is -0.444 e. The second-order valence-electron chi connectivity index (χ2n) is 10.5. The highest BCUT2D eigenvalue weighted by Gasteiger charge is 2.40. The average molecular weight is 500 g/mol. The Morgan fingerprint density at radius 1 is 1.03 bits per heavy atom. The number of halogens is 3. The lowest BCUT2D eigenvalue weighted by Gasteiger charge is -2.49. The van der Waals surface area contributed by atoms with Gasteiger partial charge in [0.15, 0.2) is 0 Å². The van der Waals surface area contributed by atoms with Gasteiger partial charge in [-0.3, -0.25) is 4.90 Å². The molecule has 0 aromatic heterocycles. The van der Waals surface area contributed by atoms with E-state index in [1.54, 1.807) is 17.0 Å². The summed E-state index contributed by atoms with van der Waals surface area (Å²) in [7, 11) is 1.47. The van der Waals surface area contributed by atoms with E-state index in [0.29, 0.717) is 13.1 Å². The van der Waals surface area contributed by atoms with Gasteiger partial charge >= 0.3 is 12.5 Å². The van der Waals surface area contributed by atoms with E-state index in [1.165, 1.54) is 19.2 Å². The number of carbonyl (C=O) groups excluding carboxylic acids is 1. The molecule has 3 rings (SSSR count). The van der Waals surface area contributed by atoms with Gasteiger partial charge in [-0.2, -0.15) is 0 Å². The maximum Gasteiger partial charge on any atom is 0.573 e. The van der Waals surface area contributed by atoms with Gasteiger partial charge < -0.3 is 19.2 Å². The fourth-order valence-electron chi connectivity index (χ4n) is 4.80. The normalized spacial score (nSPS) is 20.5. The first-order valence-corrected chi connectivity index (χ1v) is 12.0. The van der Waals surface area contributed by atoms with Crippen LogP contribution in [0.5, 0.6) is 5.75 Å². The molecule has 7 nitrogen and oxygen atoms in total. The van der Waals surface area contributed by atoms with E-state index in [4.69, 9.17) is 9.57 Å². The number of hydrogen-bond acceptors (Lipinski definition) is 6. The fourth-order valence-corrected chi connectivity index (χ4v) is 4.80. The maximum atomic E-state index is 12.5. The minimum atomic E-state index is -4.73. The van der Waals surface area contributed by atoms with Crippen LogP contribution in [-0.4, -0.2) is 72.4 Å². The first-order chi connectivity index (χ1) is 16.3. The number of amides is 1. The SMILES string of the molecule is CO/N=C(/c1ccc(OC(F)(F)F)cc1)C1CCN(C2(C)CCN(C(=O)OC(C)(C)C)CC2)CC1. The Hall–Kier alpha value is -2.49. The zero-order valence-corrected chi connectivity index (χ0v) is 21.2. The van der Waals surface area contributed by atoms with Crippen LogP contribution in [0.3, 0.4) is 0 Å². The van der Waals surface area contributed by atoms with Gasteiger partial charge in [-0.25, -0.2) is 4.79 Å². The van der Waals surface area contributed by atoms with Gasteiger partial charge in [-0.1, -0.05) is 5.16 Å². The largest absolute Gasteiger partial charge is 0.573 e. The van der Waals surface area contributed by atoms with Gasteiger partial charge in [-0.05, 0) is 96.3 Å². The first kappa shape index (κ1) is 27.1. The van der Waals surface area contributed by atoms with Crippen LogP contribution in [0.25, 0.3) is 0 Å². The Morgan fingerprint density at radius 3 is 2.09 bits per heavy atom. The van der Waals surface area contributed by atoms with Crippen LogP contribution in [-0.2, 0) is 9.57 Å². The standard InChI is InChI=1S/C25H36F3N3O4/c1-23(2,3)35-22(32)30-16-12-24(4,13-17-30)31-14-10-19(11-15-31)21(29-33-5)18-6-8-20(9-7-18)34-25(26,27)28/h6-9,19H,10-17H2,1-5H3/b29-21-. The van der Waals surface area contributed by atoms with Crippen molar-refractivity contribution in [2.45, 2.75) is 70.9 Å². The van der Waals surface area contributed by atoms with Crippen LogP contribution >= 0.6 is 0 Å². The topological polar surface area (TPSA) is 63.6 Å². The van der Waals surface area contributed by atoms with Gasteiger partial charge in [0.1, 0.15) is 18.5 Å². The Kier molecular flexibility index (Phi) is 8.24. The van der Waals surface area contributed by atoms with E-state index >= 15 is 0 Å². The molecule has 2 aliphatic rings. The average Bonchev–Trinajstić information content (AvgIpc) is 2.76. The predicted molar refractivity (Wildman–Crippen MR) is 126 cm³/mol. The lowest BCUT2D eigenvalue weighted by atomic mass is 9.82. The number of rotatable bonds is 5. The van der Waals surface area contributed by atoms with Crippen LogP contribution in [0.2, 0.25) is 0 Å². The lowest BCUT2D eigenvalue weighted by Crippen LogP contribution is -2.57. The molecule has 0 spiro atoms. The summed E-state index contributed by atoms with van der Waals surface area (Å²) < 4.78 is 46.9. The van der Waals surface area contributed by atoms with Crippen molar-refractivity contribution in [3.63, 3.8) is 0 Å². The number of hydrogen-bond donors (Lipinski definition) is 0. The summed E-state index contributed by atoms with van der Waals surface area (Å²) in [4.78, 5) is 21.7. The quantitative estimate of drug-likeness (QED) is 0.399. The third kappa shape index (κ3) is 7.49. The van der Waals surface area contributed by atoms with E-state index in [-0.39, 0.29) is 23.3 Å². The van der Waals surface area contributed by atoms with Crippen LogP contribution < -0.4 is 4.74 Å². The van der Waals surface area contributed by atoms with Crippen LogP contribution in [0.4, 0.5) is 18.0 Å². The van der Waals surface area contributed by atoms with Crippen molar-refractivity contribution in [3.8, 4) is 5.75 Å². The molecule has 0 bridgehead atoms. The van der Waals surface area contributed by atoms with Gasteiger partial charge in [-0.15, -0.1) is 13.2 Å². The van der Waals surface area contributed by atoms with Crippen molar-refractivity contribution in [1.82, 2.24) is 9.80 Å². The van der Waals surface area contributed by atoms with E-state index < -0.39 is 12.0 Å². The van der Waals surface area contributed by atoms with E-state index in [9.17, 15) is 18.0 Å². The summed E-state index contributed by atoms with van der Waals surface area (Å²) in [6.07, 6.45) is -1.53. The molecule has 0 N–H and O–H groups in total. The second kappa shape index (κ2) is 10.6. The third-order valence-electron chi connectivity index (χ3n) is 6.71. The molecule has 0 radical (unpaired) electrons. The number of carbonyl (C=O) groups is 1. The summed E-state index contributed by atoms with van der Waals surface area (Å²) >= 11 is 0. The molecular weight excluding hydrogens is 463 g/mol. The monoisotopic (exact) mass is 499 g/mol. The third-order valence-corrected chi connectivity index (χ3v) is 6.71. The van der Waals surface area contributed by atoms with Crippen LogP contribution in [0.15, 0.2) is 29.4 Å². The Morgan fingerprint density at radius 2 is 1.60 bits per heavy atom.